The quantitative estimate of drug-likeness (QED) is 0.465. The van der Waals surface area contributed by atoms with Crippen LogP contribution in [-0.2, 0) is 13.0 Å². The van der Waals surface area contributed by atoms with Gasteiger partial charge in [-0.1, -0.05) is 30.3 Å². The van der Waals surface area contributed by atoms with E-state index in [1.165, 1.54) is 0 Å². The molecule has 176 valence electrons. The van der Waals surface area contributed by atoms with E-state index in [0.29, 0.717) is 35.7 Å². The average molecular weight is 460 g/mol. The van der Waals surface area contributed by atoms with E-state index in [2.05, 4.69) is 5.32 Å². The topological polar surface area (TPSA) is 52.5 Å². The number of rotatable bonds is 9. The summed E-state index contributed by atoms with van der Waals surface area (Å²) in [6.07, 6.45) is -4.70. The molecule has 0 fully saturated rings. The van der Waals surface area contributed by atoms with Crippen molar-refractivity contribution < 1.29 is 27.4 Å². The van der Waals surface area contributed by atoms with Gasteiger partial charge in [-0.3, -0.25) is 4.79 Å². The highest BCUT2D eigenvalue weighted by atomic mass is 19.4. The molecular weight excluding hydrogens is 433 g/mol. The van der Waals surface area contributed by atoms with Gasteiger partial charge < -0.3 is 19.4 Å². The molecule has 0 aliphatic rings. The zero-order chi connectivity index (χ0) is 24.0. The van der Waals surface area contributed by atoms with Crippen LogP contribution in [0.1, 0.15) is 28.0 Å². The van der Waals surface area contributed by atoms with Crippen LogP contribution in [0, 0.1) is 6.92 Å². The van der Waals surface area contributed by atoms with E-state index >= 15 is 0 Å². The van der Waals surface area contributed by atoms with Gasteiger partial charge in [-0.05, 0) is 43.2 Å². The molecule has 33 heavy (non-hydrogen) atoms. The number of hydrogen-bond donors (Lipinski definition) is 1. The molecule has 1 heterocycles. The number of ether oxygens (including phenoxy) is 2. The van der Waals surface area contributed by atoms with Crippen molar-refractivity contribution in [2.24, 2.45) is 0 Å². The number of nitrogens with zero attached hydrogens (tertiary/aromatic N) is 1. The fraction of sp³-hybridized carbons (Fsp3) is 0.320. The van der Waals surface area contributed by atoms with Crippen LogP contribution in [0.4, 0.5) is 13.2 Å². The lowest BCUT2D eigenvalue weighted by molar-refractivity contribution is -0.132. The molecule has 1 N–H and O–H groups in total. The summed E-state index contributed by atoms with van der Waals surface area (Å²) in [6, 6.07) is 17.0. The standard InChI is InChI=1S/C25H27F3N2O3/c1-17-20(24(31)29-13-12-25(26,27)28)16-22(21-15-19(32-2)9-10-23(21)33-3)30(17)14-11-18-7-5-4-6-8-18/h4-10,15-16H,11-14H2,1-3H3,(H,29,31). The first-order chi connectivity index (χ1) is 15.7. The van der Waals surface area contributed by atoms with Crippen LogP contribution in [0.2, 0.25) is 0 Å². The molecule has 1 aromatic heterocycles. The molecule has 2 aromatic carbocycles. The first-order valence-electron chi connectivity index (χ1n) is 10.5. The van der Waals surface area contributed by atoms with E-state index in [1.54, 1.807) is 39.3 Å². The third kappa shape index (κ3) is 6.09. The lowest BCUT2D eigenvalue weighted by Gasteiger charge is -2.15. The van der Waals surface area contributed by atoms with Crippen molar-refractivity contribution in [2.75, 3.05) is 20.8 Å². The van der Waals surface area contributed by atoms with Gasteiger partial charge in [-0.25, -0.2) is 0 Å². The maximum atomic E-state index is 12.8. The van der Waals surface area contributed by atoms with Crippen LogP contribution >= 0.6 is 0 Å². The van der Waals surface area contributed by atoms with Crippen molar-refractivity contribution >= 4 is 5.91 Å². The molecule has 0 aliphatic heterocycles. The van der Waals surface area contributed by atoms with Gasteiger partial charge in [0.25, 0.3) is 5.91 Å². The smallest absolute Gasteiger partial charge is 0.390 e. The molecule has 0 aliphatic carbocycles. The molecular formula is C25H27F3N2O3. The second-order valence-corrected chi connectivity index (χ2v) is 7.60. The van der Waals surface area contributed by atoms with E-state index < -0.39 is 25.0 Å². The predicted molar refractivity (Wildman–Crippen MR) is 121 cm³/mol. The number of benzene rings is 2. The Kier molecular flexibility index (Phi) is 7.68. The Bertz CT molecular complexity index is 1090. The van der Waals surface area contributed by atoms with Gasteiger partial charge in [0, 0.05) is 24.3 Å². The molecule has 3 aromatic rings. The lowest BCUT2D eigenvalue weighted by atomic mass is 10.1. The van der Waals surface area contributed by atoms with E-state index in [-0.39, 0.29) is 0 Å². The first kappa shape index (κ1) is 24.2. The zero-order valence-corrected chi connectivity index (χ0v) is 18.8. The highest BCUT2D eigenvalue weighted by Crippen LogP contribution is 2.36. The Morgan fingerprint density at radius 3 is 2.39 bits per heavy atom. The van der Waals surface area contributed by atoms with Crippen molar-refractivity contribution in [1.29, 1.82) is 0 Å². The first-order valence-corrected chi connectivity index (χ1v) is 10.5. The van der Waals surface area contributed by atoms with Gasteiger partial charge in [-0.15, -0.1) is 0 Å². The molecule has 0 saturated heterocycles. The average Bonchev–Trinajstić information content (AvgIpc) is 3.13. The second-order valence-electron chi connectivity index (χ2n) is 7.60. The van der Waals surface area contributed by atoms with E-state index in [9.17, 15) is 18.0 Å². The van der Waals surface area contributed by atoms with Crippen molar-refractivity contribution in [1.82, 2.24) is 9.88 Å². The minimum absolute atomic E-state index is 0.324. The normalized spacial score (nSPS) is 11.3. The Hall–Kier alpha value is -3.42. The molecule has 8 heteroatoms. The maximum absolute atomic E-state index is 12.8. The number of amides is 1. The monoisotopic (exact) mass is 460 g/mol. The van der Waals surface area contributed by atoms with Crippen molar-refractivity contribution in [2.45, 2.75) is 32.5 Å². The minimum Gasteiger partial charge on any atom is -0.497 e. The van der Waals surface area contributed by atoms with Gasteiger partial charge in [0.2, 0.25) is 0 Å². The molecule has 0 radical (unpaired) electrons. The molecule has 0 unspecified atom stereocenters. The fourth-order valence-electron chi connectivity index (χ4n) is 3.70. The third-order valence-electron chi connectivity index (χ3n) is 5.45. The molecule has 0 saturated carbocycles. The number of carbonyl (C=O) groups excluding carboxylic acids is 1. The number of hydrogen-bond acceptors (Lipinski definition) is 3. The number of halogens is 3. The number of aromatic nitrogens is 1. The van der Waals surface area contributed by atoms with Gasteiger partial charge in [0.1, 0.15) is 11.5 Å². The molecule has 1 amide bonds. The van der Waals surface area contributed by atoms with E-state index in [1.807, 2.05) is 41.0 Å². The van der Waals surface area contributed by atoms with E-state index in [4.69, 9.17) is 9.47 Å². The molecule has 5 nitrogen and oxygen atoms in total. The van der Waals surface area contributed by atoms with Crippen molar-refractivity contribution in [3.05, 3.63) is 71.4 Å². The van der Waals surface area contributed by atoms with Crippen LogP contribution in [0.15, 0.2) is 54.6 Å². The fourth-order valence-corrected chi connectivity index (χ4v) is 3.70. The summed E-state index contributed by atoms with van der Waals surface area (Å²) in [4.78, 5) is 12.8. The van der Waals surface area contributed by atoms with Gasteiger partial charge in [-0.2, -0.15) is 13.2 Å². The summed E-state index contributed by atoms with van der Waals surface area (Å²) in [5, 5.41) is 2.39. The summed E-state index contributed by atoms with van der Waals surface area (Å²) >= 11 is 0. The summed E-state index contributed by atoms with van der Waals surface area (Å²) < 4.78 is 50.4. The molecule has 3 rings (SSSR count). The van der Waals surface area contributed by atoms with Crippen LogP contribution in [0.3, 0.4) is 0 Å². The lowest BCUT2D eigenvalue weighted by Crippen LogP contribution is -2.28. The number of aryl methyl sites for hydroxylation is 1. The summed E-state index contributed by atoms with van der Waals surface area (Å²) in [7, 11) is 3.12. The molecule has 0 spiro atoms. The summed E-state index contributed by atoms with van der Waals surface area (Å²) in [6.45, 7) is 1.88. The van der Waals surface area contributed by atoms with Crippen LogP contribution < -0.4 is 14.8 Å². The van der Waals surface area contributed by atoms with Gasteiger partial charge in [0.15, 0.2) is 0 Å². The number of methoxy groups -OCH3 is 2. The summed E-state index contributed by atoms with van der Waals surface area (Å²) in [5.74, 6) is 0.673. The molecule has 0 atom stereocenters. The Labute approximate surface area is 191 Å². The second kappa shape index (κ2) is 10.5. The van der Waals surface area contributed by atoms with Crippen molar-refractivity contribution in [3.63, 3.8) is 0 Å². The van der Waals surface area contributed by atoms with Crippen LogP contribution in [-0.4, -0.2) is 37.4 Å². The minimum atomic E-state index is -4.33. The highest BCUT2D eigenvalue weighted by molar-refractivity contribution is 5.97. The molecule has 0 bridgehead atoms. The van der Waals surface area contributed by atoms with Crippen LogP contribution in [0.5, 0.6) is 11.5 Å². The van der Waals surface area contributed by atoms with Gasteiger partial charge in [0.05, 0.1) is 31.9 Å². The number of alkyl halides is 3. The van der Waals surface area contributed by atoms with Crippen LogP contribution in [0.25, 0.3) is 11.3 Å². The van der Waals surface area contributed by atoms with Crippen molar-refractivity contribution in [3.8, 4) is 22.8 Å². The Morgan fingerprint density at radius 1 is 1.03 bits per heavy atom. The number of carbonyl (C=O) groups is 1. The third-order valence-corrected chi connectivity index (χ3v) is 5.45. The SMILES string of the molecule is COc1ccc(OC)c(-c2cc(C(=O)NCCC(F)(F)F)c(C)n2CCc2ccccc2)c1. The predicted octanol–water partition coefficient (Wildman–Crippen LogP) is 5.41. The zero-order valence-electron chi connectivity index (χ0n) is 18.8. The van der Waals surface area contributed by atoms with Gasteiger partial charge >= 0.3 is 6.18 Å². The Balaban J connectivity index is 1.99. The van der Waals surface area contributed by atoms with E-state index in [0.717, 1.165) is 16.8 Å². The Morgan fingerprint density at radius 2 is 1.76 bits per heavy atom. The highest BCUT2D eigenvalue weighted by Gasteiger charge is 2.27. The largest absolute Gasteiger partial charge is 0.497 e. The number of nitrogens with one attached hydrogen (secondary N) is 1. The summed E-state index contributed by atoms with van der Waals surface area (Å²) in [5.41, 5.74) is 3.56. The maximum Gasteiger partial charge on any atom is 0.390 e.